The van der Waals surface area contributed by atoms with Crippen LogP contribution in [-0.2, 0) is 16.0 Å². The molecule has 3 rings (SSSR count). The molecule has 0 radical (unpaired) electrons. The maximum atomic E-state index is 12.7. The molecule has 3 N–H and O–H groups in total. The number of benzene rings is 1. The van der Waals surface area contributed by atoms with Crippen LogP contribution in [0.25, 0.3) is 0 Å². The third-order valence-corrected chi connectivity index (χ3v) is 6.30. The minimum Gasteiger partial charge on any atom is -0.370 e. The topological polar surface area (TPSA) is 103 Å². The smallest absolute Gasteiger partial charge is 0.233 e. The normalized spacial score (nSPS) is 15.7. The van der Waals surface area contributed by atoms with Gasteiger partial charge in [-0.05, 0) is 44.4 Å². The van der Waals surface area contributed by atoms with Crippen molar-refractivity contribution in [1.29, 1.82) is 0 Å². The highest BCUT2D eigenvalue weighted by molar-refractivity contribution is 8.00. The number of nitrogens with one attached hydrogen (secondary N) is 1. The first-order chi connectivity index (χ1) is 13.8. The maximum absolute atomic E-state index is 12.7. The second-order valence-electron chi connectivity index (χ2n) is 7.12. The molecule has 2 unspecified atom stereocenters. The van der Waals surface area contributed by atoms with Crippen molar-refractivity contribution in [2.75, 3.05) is 0 Å². The zero-order chi connectivity index (χ0) is 21.1. The summed E-state index contributed by atoms with van der Waals surface area (Å²) in [4.78, 5) is 23.8. The Kier molecular flexibility index (Phi) is 7.08. The molecule has 1 fully saturated rings. The van der Waals surface area contributed by atoms with E-state index in [0.717, 1.165) is 24.2 Å². The Morgan fingerprint density at radius 3 is 2.66 bits per heavy atom. The minimum absolute atomic E-state index is 0.127. The lowest BCUT2D eigenvalue weighted by Gasteiger charge is -2.19. The first kappa shape index (κ1) is 21.9. The molecule has 1 aromatic carbocycles. The number of halogens is 2. The van der Waals surface area contributed by atoms with E-state index in [1.54, 1.807) is 12.1 Å². The minimum atomic E-state index is -0.380. The van der Waals surface area contributed by atoms with Gasteiger partial charge in [-0.3, -0.25) is 9.59 Å². The highest BCUT2D eigenvalue weighted by atomic mass is 35.5. The van der Waals surface area contributed by atoms with Gasteiger partial charge in [0.1, 0.15) is 5.82 Å². The van der Waals surface area contributed by atoms with Gasteiger partial charge in [-0.25, -0.2) is 0 Å². The van der Waals surface area contributed by atoms with Gasteiger partial charge >= 0.3 is 0 Å². The van der Waals surface area contributed by atoms with E-state index in [1.807, 2.05) is 24.5 Å². The Hall–Kier alpha value is -1.77. The number of thioether (sulfide) groups is 1. The average Bonchev–Trinajstić information content (AvgIpc) is 3.40. The van der Waals surface area contributed by atoms with Gasteiger partial charge in [-0.2, -0.15) is 0 Å². The number of hydrogen-bond donors (Lipinski definition) is 2. The Morgan fingerprint density at radius 2 is 2.03 bits per heavy atom. The summed E-state index contributed by atoms with van der Waals surface area (Å²) in [7, 11) is 0. The summed E-state index contributed by atoms with van der Waals surface area (Å²) < 4.78 is 2.04. The van der Waals surface area contributed by atoms with Crippen molar-refractivity contribution in [2.24, 2.45) is 5.73 Å². The Bertz CT molecular complexity index is 916. The second-order valence-corrected chi connectivity index (χ2v) is 9.27. The number of rotatable bonds is 9. The van der Waals surface area contributed by atoms with E-state index in [-0.39, 0.29) is 29.5 Å². The molecule has 0 aliphatic heterocycles. The van der Waals surface area contributed by atoms with Crippen LogP contribution in [0.1, 0.15) is 56.6 Å². The second kappa shape index (κ2) is 9.36. The summed E-state index contributed by atoms with van der Waals surface area (Å²) in [5, 5.41) is 12.8. The predicted octanol–water partition coefficient (Wildman–Crippen LogP) is 3.70. The molecule has 0 saturated heterocycles. The van der Waals surface area contributed by atoms with Gasteiger partial charge in [0, 0.05) is 28.9 Å². The monoisotopic (exact) mass is 455 g/mol. The Balaban J connectivity index is 1.65. The van der Waals surface area contributed by atoms with E-state index in [0.29, 0.717) is 27.7 Å². The zero-order valence-corrected chi connectivity index (χ0v) is 18.5. The summed E-state index contributed by atoms with van der Waals surface area (Å²) in [6.45, 7) is 3.70. The maximum Gasteiger partial charge on any atom is 0.233 e. The lowest BCUT2D eigenvalue weighted by atomic mass is 10.1. The van der Waals surface area contributed by atoms with Gasteiger partial charge in [-0.15, -0.1) is 10.2 Å². The van der Waals surface area contributed by atoms with Crippen LogP contribution in [0.3, 0.4) is 0 Å². The Labute approximate surface area is 183 Å². The standard InChI is InChI=1S/C19H23Cl2N5O2S/c1-10(14-6-3-12(20)9-15(14)21)23-18(28)11(2)29-19-25-24-17(8-7-16(22)27)26(19)13-4-5-13/h3,6,9-11,13H,4-5,7-8H2,1-2H3,(H2,22,27)(H,23,28). The van der Waals surface area contributed by atoms with Gasteiger partial charge in [0.15, 0.2) is 5.16 Å². The predicted molar refractivity (Wildman–Crippen MR) is 114 cm³/mol. The number of amides is 2. The fourth-order valence-corrected chi connectivity index (χ4v) is 4.48. The number of nitrogens with two attached hydrogens (primary N) is 1. The van der Waals surface area contributed by atoms with Gasteiger partial charge < -0.3 is 15.6 Å². The fourth-order valence-electron chi connectivity index (χ4n) is 2.97. The van der Waals surface area contributed by atoms with Crippen LogP contribution in [0.2, 0.25) is 10.0 Å². The van der Waals surface area contributed by atoms with Gasteiger partial charge in [0.2, 0.25) is 11.8 Å². The average molecular weight is 456 g/mol. The van der Waals surface area contributed by atoms with Gasteiger partial charge in [-0.1, -0.05) is 41.0 Å². The van der Waals surface area contributed by atoms with Gasteiger partial charge in [0.05, 0.1) is 11.3 Å². The SMILES string of the molecule is CC(Sc1nnc(CCC(N)=O)n1C1CC1)C(=O)NC(C)c1ccc(Cl)cc1Cl. The molecular weight excluding hydrogens is 433 g/mol. The first-order valence-electron chi connectivity index (χ1n) is 9.40. The summed E-state index contributed by atoms with van der Waals surface area (Å²) in [6.07, 6.45) is 2.76. The van der Waals surface area contributed by atoms with Crippen molar-refractivity contribution < 1.29 is 9.59 Å². The van der Waals surface area contributed by atoms with Crippen molar-refractivity contribution in [3.05, 3.63) is 39.6 Å². The van der Waals surface area contributed by atoms with Crippen molar-refractivity contribution in [1.82, 2.24) is 20.1 Å². The van der Waals surface area contributed by atoms with Crippen molar-refractivity contribution in [2.45, 2.75) is 62.0 Å². The van der Waals surface area contributed by atoms with Crippen molar-refractivity contribution >= 4 is 46.8 Å². The van der Waals surface area contributed by atoms with E-state index >= 15 is 0 Å². The third kappa shape index (κ3) is 5.65. The number of carbonyl (C=O) groups is 2. The number of nitrogens with zero attached hydrogens (tertiary/aromatic N) is 3. The molecule has 0 spiro atoms. The van der Waals surface area contributed by atoms with Crippen LogP contribution in [0.5, 0.6) is 0 Å². The van der Waals surface area contributed by atoms with Crippen LogP contribution in [0.15, 0.2) is 23.4 Å². The summed E-state index contributed by atoms with van der Waals surface area (Å²) in [5.74, 6) is 0.243. The largest absolute Gasteiger partial charge is 0.370 e. The van der Waals surface area contributed by atoms with Gasteiger partial charge in [0.25, 0.3) is 0 Å². The highest BCUT2D eigenvalue weighted by Crippen LogP contribution is 2.39. The van der Waals surface area contributed by atoms with Crippen molar-refractivity contribution in [3.8, 4) is 0 Å². The number of primary amides is 1. The summed E-state index contributed by atoms with van der Waals surface area (Å²) in [6, 6.07) is 5.28. The molecule has 1 heterocycles. The number of carbonyl (C=O) groups excluding carboxylic acids is 2. The number of aromatic nitrogens is 3. The molecule has 2 aromatic rings. The highest BCUT2D eigenvalue weighted by Gasteiger charge is 2.31. The molecule has 1 saturated carbocycles. The van der Waals surface area contributed by atoms with Crippen LogP contribution < -0.4 is 11.1 Å². The van der Waals surface area contributed by atoms with Crippen LogP contribution >= 0.6 is 35.0 Å². The van der Waals surface area contributed by atoms with E-state index in [4.69, 9.17) is 28.9 Å². The molecule has 10 heteroatoms. The molecule has 1 aliphatic carbocycles. The van der Waals surface area contributed by atoms with Crippen LogP contribution in [0, 0.1) is 0 Å². The molecule has 2 atom stereocenters. The molecular formula is C19H23Cl2N5O2S. The summed E-state index contributed by atoms with van der Waals surface area (Å²) >= 11 is 13.5. The van der Waals surface area contributed by atoms with Crippen LogP contribution in [0.4, 0.5) is 0 Å². The van der Waals surface area contributed by atoms with E-state index in [9.17, 15) is 9.59 Å². The summed E-state index contributed by atoms with van der Waals surface area (Å²) in [5.41, 5.74) is 6.05. The molecule has 7 nitrogen and oxygen atoms in total. The zero-order valence-electron chi connectivity index (χ0n) is 16.2. The lowest BCUT2D eigenvalue weighted by molar-refractivity contribution is -0.121. The van der Waals surface area contributed by atoms with E-state index in [1.165, 1.54) is 11.8 Å². The lowest BCUT2D eigenvalue weighted by Crippen LogP contribution is -2.33. The molecule has 1 aliphatic rings. The molecule has 1 aromatic heterocycles. The first-order valence-corrected chi connectivity index (χ1v) is 11.0. The number of aryl methyl sites for hydroxylation is 1. The molecule has 29 heavy (non-hydrogen) atoms. The fraction of sp³-hybridized carbons (Fsp3) is 0.474. The van der Waals surface area contributed by atoms with E-state index < -0.39 is 0 Å². The molecule has 2 amide bonds. The van der Waals surface area contributed by atoms with Crippen LogP contribution in [-0.4, -0.2) is 31.8 Å². The number of hydrogen-bond acceptors (Lipinski definition) is 5. The Morgan fingerprint density at radius 1 is 1.31 bits per heavy atom. The van der Waals surface area contributed by atoms with Crippen molar-refractivity contribution in [3.63, 3.8) is 0 Å². The molecule has 156 valence electrons. The molecule has 0 bridgehead atoms. The van der Waals surface area contributed by atoms with E-state index in [2.05, 4.69) is 15.5 Å². The third-order valence-electron chi connectivity index (χ3n) is 4.68. The quantitative estimate of drug-likeness (QED) is 0.561.